The minimum Gasteiger partial charge on any atom is -0.487 e. The van der Waals surface area contributed by atoms with Crippen LogP contribution in [0.15, 0.2) is 17.6 Å². The average molecular weight is 242 g/mol. The minimum absolute atomic E-state index is 0.0849. The molecular formula is C10H5ClFNOS. The quantitative estimate of drug-likeness (QED) is 0.704. The third-order valence-electron chi connectivity index (χ3n) is 2.27. The van der Waals surface area contributed by atoms with Crippen molar-refractivity contribution in [3.8, 4) is 16.2 Å². The molecule has 0 amide bonds. The maximum Gasteiger partial charge on any atom is 0.142 e. The van der Waals surface area contributed by atoms with Gasteiger partial charge in [0.05, 0.1) is 21.1 Å². The van der Waals surface area contributed by atoms with E-state index in [0.29, 0.717) is 12.4 Å². The molecule has 1 aromatic heterocycles. The van der Waals surface area contributed by atoms with E-state index in [-0.39, 0.29) is 5.02 Å². The van der Waals surface area contributed by atoms with Crippen LogP contribution < -0.4 is 4.74 Å². The van der Waals surface area contributed by atoms with Gasteiger partial charge in [-0.3, -0.25) is 0 Å². The molecule has 0 aliphatic carbocycles. The molecule has 0 N–H and O–H groups in total. The number of aromatic nitrogens is 1. The molecule has 1 aromatic carbocycles. The summed E-state index contributed by atoms with van der Waals surface area (Å²) in [7, 11) is 0. The highest BCUT2D eigenvalue weighted by Crippen LogP contribution is 2.41. The number of nitrogens with zero attached hydrogens (tertiary/aromatic N) is 1. The van der Waals surface area contributed by atoms with Crippen molar-refractivity contribution in [3.63, 3.8) is 0 Å². The number of rotatable bonds is 0. The zero-order chi connectivity index (χ0) is 10.4. The van der Waals surface area contributed by atoms with Crippen molar-refractivity contribution in [2.75, 3.05) is 0 Å². The number of halogens is 2. The highest BCUT2D eigenvalue weighted by atomic mass is 35.5. The van der Waals surface area contributed by atoms with Crippen LogP contribution in [0.3, 0.4) is 0 Å². The lowest BCUT2D eigenvalue weighted by atomic mass is 10.1. The topological polar surface area (TPSA) is 22.1 Å². The lowest BCUT2D eigenvalue weighted by molar-refractivity contribution is 0.298. The van der Waals surface area contributed by atoms with Crippen molar-refractivity contribution in [2.24, 2.45) is 0 Å². The van der Waals surface area contributed by atoms with Crippen LogP contribution in [0.25, 0.3) is 10.4 Å². The van der Waals surface area contributed by atoms with Gasteiger partial charge in [-0.15, -0.1) is 11.3 Å². The Kier molecular flexibility index (Phi) is 1.94. The Morgan fingerprint density at radius 1 is 1.47 bits per heavy atom. The maximum atomic E-state index is 13.3. The first-order valence-corrected chi connectivity index (χ1v) is 5.56. The molecule has 2 aromatic rings. The van der Waals surface area contributed by atoms with Crippen LogP contribution >= 0.6 is 22.9 Å². The SMILES string of the molecule is Fc1cc2c(cc1Cl)OCc1ncsc1-2. The van der Waals surface area contributed by atoms with Gasteiger partial charge in [0.15, 0.2) is 0 Å². The van der Waals surface area contributed by atoms with E-state index in [9.17, 15) is 4.39 Å². The third-order valence-corrected chi connectivity index (χ3v) is 3.46. The summed E-state index contributed by atoms with van der Waals surface area (Å²) in [5.41, 5.74) is 3.32. The van der Waals surface area contributed by atoms with Gasteiger partial charge in [-0.25, -0.2) is 9.37 Å². The smallest absolute Gasteiger partial charge is 0.142 e. The lowest BCUT2D eigenvalue weighted by Gasteiger charge is -2.16. The Morgan fingerprint density at radius 3 is 3.20 bits per heavy atom. The highest BCUT2D eigenvalue weighted by Gasteiger charge is 2.21. The molecule has 76 valence electrons. The summed E-state index contributed by atoms with van der Waals surface area (Å²) < 4.78 is 18.7. The van der Waals surface area contributed by atoms with Crippen molar-refractivity contribution in [1.29, 1.82) is 0 Å². The Hall–Kier alpha value is -1.13. The molecule has 0 spiro atoms. The predicted octanol–water partition coefficient (Wildman–Crippen LogP) is 3.50. The zero-order valence-electron chi connectivity index (χ0n) is 7.46. The van der Waals surface area contributed by atoms with Crippen LogP contribution in [0.4, 0.5) is 4.39 Å². The van der Waals surface area contributed by atoms with Crippen LogP contribution in [-0.2, 0) is 6.61 Å². The second kappa shape index (κ2) is 3.18. The molecule has 0 atom stereocenters. The predicted molar refractivity (Wildman–Crippen MR) is 56.9 cm³/mol. The molecule has 1 aliphatic heterocycles. The first kappa shape index (κ1) is 9.12. The molecule has 0 saturated heterocycles. The summed E-state index contributed by atoms with van der Waals surface area (Å²) in [5, 5.41) is 0.0849. The number of ether oxygens (including phenoxy) is 1. The van der Waals surface area contributed by atoms with Crippen LogP contribution in [0.5, 0.6) is 5.75 Å². The Bertz CT molecular complexity index is 540. The van der Waals surface area contributed by atoms with Crippen molar-refractivity contribution in [2.45, 2.75) is 6.61 Å². The van der Waals surface area contributed by atoms with Crippen molar-refractivity contribution in [1.82, 2.24) is 4.98 Å². The van der Waals surface area contributed by atoms with E-state index in [1.165, 1.54) is 23.5 Å². The van der Waals surface area contributed by atoms with E-state index in [2.05, 4.69) is 4.98 Å². The van der Waals surface area contributed by atoms with Crippen molar-refractivity contribution in [3.05, 3.63) is 34.2 Å². The Labute approximate surface area is 94.3 Å². The van der Waals surface area contributed by atoms with E-state index >= 15 is 0 Å². The van der Waals surface area contributed by atoms with E-state index in [1.807, 2.05) is 0 Å². The monoisotopic (exact) mass is 241 g/mol. The van der Waals surface area contributed by atoms with Gasteiger partial charge in [-0.1, -0.05) is 11.6 Å². The van der Waals surface area contributed by atoms with Gasteiger partial charge in [0.25, 0.3) is 0 Å². The fraction of sp³-hybridized carbons (Fsp3) is 0.100. The molecule has 3 rings (SSSR count). The van der Waals surface area contributed by atoms with Crippen LogP contribution in [-0.4, -0.2) is 4.98 Å². The first-order chi connectivity index (χ1) is 7.25. The zero-order valence-corrected chi connectivity index (χ0v) is 9.03. The molecule has 0 unspecified atom stereocenters. The second-order valence-corrected chi connectivity index (χ2v) is 4.44. The minimum atomic E-state index is -0.430. The fourth-order valence-electron chi connectivity index (χ4n) is 1.56. The fourth-order valence-corrected chi connectivity index (χ4v) is 2.54. The highest BCUT2D eigenvalue weighted by molar-refractivity contribution is 7.13. The Balaban J connectivity index is 2.28. The summed E-state index contributed by atoms with van der Waals surface area (Å²) in [5.74, 6) is 0.193. The summed E-state index contributed by atoms with van der Waals surface area (Å²) in [6, 6.07) is 2.91. The Morgan fingerprint density at radius 2 is 2.33 bits per heavy atom. The molecular weight excluding hydrogens is 237 g/mol. The summed E-state index contributed by atoms with van der Waals surface area (Å²) in [6.07, 6.45) is 0. The number of hydrogen-bond donors (Lipinski definition) is 0. The van der Waals surface area contributed by atoms with E-state index in [4.69, 9.17) is 16.3 Å². The molecule has 5 heteroatoms. The van der Waals surface area contributed by atoms with Gasteiger partial charge in [0.2, 0.25) is 0 Å². The molecule has 2 heterocycles. The van der Waals surface area contributed by atoms with Gasteiger partial charge in [-0.2, -0.15) is 0 Å². The summed E-state index contributed by atoms with van der Waals surface area (Å²) in [6.45, 7) is 0.424. The van der Waals surface area contributed by atoms with Gasteiger partial charge in [0, 0.05) is 11.6 Å². The number of benzene rings is 1. The van der Waals surface area contributed by atoms with E-state index in [1.54, 1.807) is 5.51 Å². The van der Waals surface area contributed by atoms with Crippen LogP contribution in [0, 0.1) is 5.82 Å². The number of fused-ring (bicyclic) bond motifs is 3. The lowest BCUT2D eigenvalue weighted by Crippen LogP contribution is -2.04. The van der Waals surface area contributed by atoms with Crippen LogP contribution in [0.1, 0.15) is 5.69 Å². The van der Waals surface area contributed by atoms with Crippen molar-refractivity contribution < 1.29 is 9.13 Å². The molecule has 2 nitrogen and oxygen atoms in total. The third kappa shape index (κ3) is 1.33. The van der Waals surface area contributed by atoms with Gasteiger partial charge < -0.3 is 4.74 Å². The molecule has 0 fully saturated rings. The van der Waals surface area contributed by atoms with Gasteiger partial charge >= 0.3 is 0 Å². The molecule has 0 radical (unpaired) electrons. The summed E-state index contributed by atoms with van der Waals surface area (Å²) >= 11 is 7.16. The normalized spacial score (nSPS) is 12.9. The maximum absolute atomic E-state index is 13.3. The van der Waals surface area contributed by atoms with Crippen LogP contribution in [0.2, 0.25) is 5.02 Å². The van der Waals surface area contributed by atoms with E-state index in [0.717, 1.165) is 16.1 Å². The first-order valence-electron chi connectivity index (χ1n) is 4.30. The standard InChI is InChI=1S/C10H5ClFNOS/c11-6-2-9-5(1-7(6)12)10-8(3-14-9)13-4-15-10/h1-2,4H,3H2. The van der Waals surface area contributed by atoms with Crippen molar-refractivity contribution >= 4 is 22.9 Å². The number of thiazole rings is 1. The van der Waals surface area contributed by atoms with Gasteiger partial charge in [0.1, 0.15) is 18.2 Å². The molecule has 1 aliphatic rings. The molecule has 0 bridgehead atoms. The largest absolute Gasteiger partial charge is 0.487 e. The van der Waals surface area contributed by atoms with Gasteiger partial charge in [-0.05, 0) is 6.07 Å². The van der Waals surface area contributed by atoms with E-state index < -0.39 is 5.82 Å². The number of hydrogen-bond acceptors (Lipinski definition) is 3. The second-order valence-electron chi connectivity index (χ2n) is 3.18. The molecule has 15 heavy (non-hydrogen) atoms. The average Bonchev–Trinajstić information content (AvgIpc) is 2.68. The summed E-state index contributed by atoms with van der Waals surface area (Å²) in [4.78, 5) is 5.11. The molecule has 0 saturated carbocycles.